The fraction of sp³-hybridized carbons (Fsp3) is 0.0400. The van der Waals surface area contributed by atoms with Crippen LogP contribution in [-0.4, -0.2) is 18.2 Å². The zero-order chi connectivity index (χ0) is 21.3. The van der Waals surface area contributed by atoms with Crippen molar-refractivity contribution in [1.82, 2.24) is 0 Å². The first-order valence-corrected chi connectivity index (χ1v) is 9.22. The van der Waals surface area contributed by atoms with Crippen LogP contribution in [0, 0.1) is 11.3 Å². The molecular formula is C25H20N2O3. The molecular weight excluding hydrogens is 376 g/mol. The van der Waals surface area contributed by atoms with Crippen LogP contribution in [0.2, 0.25) is 0 Å². The van der Waals surface area contributed by atoms with Crippen LogP contribution in [0.4, 0.5) is 11.4 Å². The highest BCUT2D eigenvalue weighted by Gasteiger charge is 2.08. The van der Waals surface area contributed by atoms with Gasteiger partial charge in [0.2, 0.25) is 0 Å². The van der Waals surface area contributed by atoms with Crippen molar-refractivity contribution in [3.8, 4) is 11.8 Å². The molecule has 0 amide bonds. The lowest BCUT2D eigenvalue weighted by molar-refractivity contribution is -0.132. The van der Waals surface area contributed by atoms with Crippen molar-refractivity contribution in [2.45, 2.75) is 0 Å². The van der Waals surface area contributed by atoms with E-state index in [1.807, 2.05) is 83.9 Å². The molecule has 0 bridgehead atoms. The molecule has 0 unspecified atom stereocenters. The molecule has 0 aliphatic rings. The van der Waals surface area contributed by atoms with E-state index < -0.39 is 5.97 Å². The number of carbonyl (C=O) groups is 1. The number of nitrogens with zero attached hydrogens (tertiary/aromatic N) is 2. The second kappa shape index (κ2) is 9.76. The molecule has 0 aliphatic carbocycles. The van der Waals surface area contributed by atoms with Crippen molar-refractivity contribution in [2.75, 3.05) is 12.0 Å². The lowest BCUT2D eigenvalue weighted by atomic mass is 10.1. The van der Waals surface area contributed by atoms with Gasteiger partial charge in [-0.15, -0.1) is 0 Å². The number of rotatable bonds is 7. The number of nitriles is 1. The number of benzene rings is 3. The third-order valence-corrected chi connectivity index (χ3v) is 4.40. The number of methoxy groups -OCH3 is 1. The van der Waals surface area contributed by atoms with Gasteiger partial charge in [-0.2, -0.15) is 5.26 Å². The van der Waals surface area contributed by atoms with Gasteiger partial charge in [0.05, 0.1) is 7.11 Å². The number of carboxylic acids is 1. The van der Waals surface area contributed by atoms with E-state index in [9.17, 15) is 4.79 Å². The first-order chi connectivity index (χ1) is 14.6. The predicted octanol–water partition coefficient (Wildman–Crippen LogP) is 5.50. The maximum atomic E-state index is 11.0. The summed E-state index contributed by atoms with van der Waals surface area (Å²) in [7, 11) is 1.64. The van der Waals surface area contributed by atoms with Gasteiger partial charge in [-0.3, -0.25) is 0 Å². The van der Waals surface area contributed by atoms with Gasteiger partial charge >= 0.3 is 5.97 Å². The molecule has 0 saturated heterocycles. The summed E-state index contributed by atoms with van der Waals surface area (Å²) in [6, 6.07) is 26.7. The molecule has 3 aromatic carbocycles. The van der Waals surface area contributed by atoms with Gasteiger partial charge in [0, 0.05) is 17.6 Å². The minimum Gasteiger partial charge on any atom is -0.497 e. The van der Waals surface area contributed by atoms with Crippen molar-refractivity contribution in [3.63, 3.8) is 0 Å². The van der Waals surface area contributed by atoms with Gasteiger partial charge in [-0.05, 0) is 59.7 Å². The van der Waals surface area contributed by atoms with Gasteiger partial charge in [-0.25, -0.2) is 4.79 Å². The largest absolute Gasteiger partial charge is 0.497 e. The zero-order valence-electron chi connectivity index (χ0n) is 16.4. The Hall–Kier alpha value is -4.30. The number of aliphatic carboxylic acids is 1. The first kappa shape index (κ1) is 20.4. The highest BCUT2D eigenvalue weighted by Crippen LogP contribution is 2.27. The Bertz CT molecular complexity index is 1090. The summed E-state index contributed by atoms with van der Waals surface area (Å²) < 4.78 is 5.20. The van der Waals surface area contributed by atoms with Gasteiger partial charge in [0.1, 0.15) is 17.4 Å². The lowest BCUT2D eigenvalue weighted by Gasteiger charge is -2.21. The topological polar surface area (TPSA) is 73.6 Å². The Labute approximate surface area is 175 Å². The van der Waals surface area contributed by atoms with Crippen LogP contribution in [0.15, 0.2) is 90.6 Å². The molecule has 0 heterocycles. The molecule has 3 aromatic rings. The second-order valence-corrected chi connectivity index (χ2v) is 6.36. The molecule has 3 rings (SSSR count). The Morgan fingerprint density at radius 2 is 1.53 bits per heavy atom. The maximum Gasteiger partial charge on any atom is 0.346 e. The minimum absolute atomic E-state index is 0.304. The Kier molecular flexibility index (Phi) is 6.65. The second-order valence-electron chi connectivity index (χ2n) is 6.36. The molecule has 0 spiro atoms. The average Bonchev–Trinajstić information content (AvgIpc) is 2.79. The van der Waals surface area contributed by atoms with E-state index in [0.717, 1.165) is 22.7 Å². The quantitative estimate of drug-likeness (QED) is 0.422. The summed E-state index contributed by atoms with van der Waals surface area (Å²) in [6.45, 7) is 0. The predicted molar refractivity (Wildman–Crippen MR) is 118 cm³/mol. The van der Waals surface area contributed by atoms with E-state index in [4.69, 9.17) is 15.1 Å². The maximum absolute atomic E-state index is 11.0. The molecule has 0 saturated carbocycles. The van der Waals surface area contributed by atoms with Crippen molar-refractivity contribution in [3.05, 3.63) is 102 Å². The summed E-state index contributed by atoms with van der Waals surface area (Å²) in [4.78, 5) is 13.1. The van der Waals surface area contributed by atoms with Crippen LogP contribution >= 0.6 is 0 Å². The smallest absolute Gasteiger partial charge is 0.346 e. The van der Waals surface area contributed by atoms with Gasteiger partial charge in [0.15, 0.2) is 0 Å². The number of carboxylic acid groups (broad SMARTS) is 1. The summed E-state index contributed by atoms with van der Waals surface area (Å²) in [5.74, 6) is -0.441. The van der Waals surface area contributed by atoms with Gasteiger partial charge in [0.25, 0.3) is 0 Å². The summed E-state index contributed by atoms with van der Waals surface area (Å²) in [5, 5.41) is 18.0. The monoisotopic (exact) mass is 396 g/mol. The van der Waals surface area contributed by atoms with E-state index in [2.05, 4.69) is 0 Å². The van der Waals surface area contributed by atoms with E-state index in [1.165, 1.54) is 6.08 Å². The molecule has 0 aliphatic heterocycles. The van der Waals surface area contributed by atoms with Crippen LogP contribution in [0.25, 0.3) is 12.2 Å². The molecule has 1 N–H and O–H groups in total. The third kappa shape index (κ3) is 5.15. The van der Waals surface area contributed by atoms with E-state index in [0.29, 0.717) is 5.56 Å². The molecule has 30 heavy (non-hydrogen) atoms. The zero-order valence-corrected chi connectivity index (χ0v) is 16.4. The van der Waals surface area contributed by atoms with E-state index in [-0.39, 0.29) is 5.57 Å². The normalized spacial score (nSPS) is 11.1. The highest BCUT2D eigenvalue weighted by molar-refractivity contribution is 5.96. The molecule has 0 fully saturated rings. The minimum atomic E-state index is -1.24. The van der Waals surface area contributed by atoms with E-state index >= 15 is 0 Å². The average molecular weight is 396 g/mol. The SMILES string of the molecule is COc1ccc(/C=C/N(c2ccccc2)c2ccc(/C=C(\C#N)C(=O)O)cc2)cc1. The fourth-order valence-electron chi connectivity index (χ4n) is 2.83. The molecule has 0 atom stereocenters. The Morgan fingerprint density at radius 1 is 0.933 bits per heavy atom. The van der Waals surface area contributed by atoms with Gasteiger partial charge < -0.3 is 14.7 Å². The van der Waals surface area contributed by atoms with Crippen LogP contribution in [0.1, 0.15) is 11.1 Å². The number of ether oxygens (including phenoxy) is 1. The number of hydrogen-bond acceptors (Lipinski definition) is 4. The first-order valence-electron chi connectivity index (χ1n) is 9.22. The number of para-hydroxylation sites is 1. The standard InChI is InChI=1S/C25H20N2O3/c1-30-24-13-9-19(10-14-24)15-16-27(22-5-3-2-4-6-22)23-11-7-20(8-12-23)17-21(18-26)25(28)29/h2-17H,1H3,(H,28,29)/b16-15+,21-17+. The highest BCUT2D eigenvalue weighted by atomic mass is 16.5. The molecule has 5 heteroatoms. The van der Waals surface area contributed by atoms with Crippen LogP contribution < -0.4 is 9.64 Å². The summed E-state index contributed by atoms with van der Waals surface area (Å²) in [6.07, 6.45) is 5.32. The summed E-state index contributed by atoms with van der Waals surface area (Å²) >= 11 is 0. The summed E-state index contributed by atoms with van der Waals surface area (Å²) in [5.41, 5.74) is 3.24. The Morgan fingerprint density at radius 3 is 2.10 bits per heavy atom. The van der Waals surface area contributed by atoms with Gasteiger partial charge in [-0.1, -0.05) is 42.5 Å². The molecule has 0 aromatic heterocycles. The Balaban J connectivity index is 1.92. The molecule has 5 nitrogen and oxygen atoms in total. The van der Waals surface area contributed by atoms with Crippen molar-refractivity contribution >= 4 is 29.5 Å². The van der Waals surface area contributed by atoms with Crippen molar-refractivity contribution in [1.29, 1.82) is 5.26 Å². The van der Waals surface area contributed by atoms with Crippen LogP contribution in [0.3, 0.4) is 0 Å². The number of hydrogen-bond donors (Lipinski definition) is 1. The van der Waals surface area contributed by atoms with Crippen LogP contribution in [0.5, 0.6) is 5.75 Å². The van der Waals surface area contributed by atoms with Crippen molar-refractivity contribution < 1.29 is 14.6 Å². The third-order valence-electron chi connectivity index (χ3n) is 4.40. The van der Waals surface area contributed by atoms with Crippen molar-refractivity contribution in [2.24, 2.45) is 0 Å². The molecule has 148 valence electrons. The van der Waals surface area contributed by atoms with Crippen LogP contribution in [-0.2, 0) is 4.79 Å². The lowest BCUT2D eigenvalue weighted by Crippen LogP contribution is -2.08. The molecule has 0 radical (unpaired) electrons. The van der Waals surface area contributed by atoms with E-state index in [1.54, 1.807) is 25.3 Å². The number of anilines is 2. The fourth-order valence-corrected chi connectivity index (χ4v) is 2.83.